The van der Waals surface area contributed by atoms with Crippen LogP contribution < -0.4 is 0 Å². The Morgan fingerprint density at radius 3 is 2.76 bits per heavy atom. The summed E-state index contributed by atoms with van der Waals surface area (Å²) in [6.45, 7) is 2.09. The molecule has 0 unspecified atom stereocenters. The maximum Gasteiger partial charge on any atom is 0.282 e. The van der Waals surface area contributed by atoms with Crippen LogP contribution in [-0.4, -0.2) is 69.1 Å². The molecular weight excluding hydrogens is 294 g/mol. The number of methoxy groups -OCH3 is 1. The summed E-state index contributed by atoms with van der Waals surface area (Å²) in [5.74, 6) is 0. The first-order chi connectivity index (χ1) is 10.1. The number of rotatable bonds is 7. The van der Waals surface area contributed by atoms with E-state index in [9.17, 15) is 8.42 Å². The molecule has 2 fully saturated rings. The minimum absolute atomic E-state index is 0.181. The number of ether oxygens (including phenoxy) is 2. The summed E-state index contributed by atoms with van der Waals surface area (Å²) in [6.07, 6.45) is 2.91. The molecule has 1 saturated heterocycles. The molecule has 1 aliphatic carbocycles. The molecule has 7 nitrogen and oxygen atoms in total. The van der Waals surface area contributed by atoms with E-state index in [1.54, 1.807) is 4.31 Å². The van der Waals surface area contributed by atoms with Crippen LogP contribution in [-0.2, 0) is 19.7 Å². The fourth-order valence-corrected chi connectivity index (χ4v) is 4.84. The molecule has 2 rings (SSSR count). The van der Waals surface area contributed by atoms with E-state index in [-0.39, 0.29) is 25.0 Å². The van der Waals surface area contributed by atoms with Crippen LogP contribution in [0.5, 0.6) is 0 Å². The smallest absolute Gasteiger partial charge is 0.282 e. The molecular formula is C13H23N3O4S. The van der Waals surface area contributed by atoms with E-state index < -0.39 is 10.2 Å². The van der Waals surface area contributed by atoms with E-state index in [2.05, 4.69) is 0 Å². The SMILES string of the molecule is COCCN(CCC#N)S(=O)(=O)N1CCOCC12CCC2. The Kier molecular flexibility index (Phi) is 5.57. The highest BCUT2D eigenvalue weighted by Gasteiger charge is 2.51. The van der Waals surface area contributed by atoms with Gasteiger partial charge in [-0.3, -0.25) is 0 Å². The highest BCUT2D eigenvalue weighted by molar-refractivity contribution is 7.86. The Balaban J connectivity index is 2.17. The van der Waals surface area contributed by atoms with E-state index in [0.717, 1.165) is 19.3 Å². The van der Waals surface area contributed by atoms with Crippen molar-refractivity contribution >= 4 is 10.2 Å². The van der Waals surface area contributed by atoms with Crippen LogP contribution in [0.1, 0.15) is 25.7 Å². The molecule has 0 aromatic carbocycles. The summed E-state index contributed by atoms with van der Waals surface area (Å²) in [4.78, 5) is 0. The van der Waals surface area contributed by atoms with Crippen molar-refractivity contribution in [3.05, 3.63) is 0 Å². The van der Waals surface area contributed by atoms with Crippen molar-refractivity contribution in [3.63, 3.8) is 0 Å². The summed E-state index contributed by atoms with van der Waals surface area (Å²) >= 11 is 0. The molecule has 0 amide bonds. The largest absolute Gasteiger partial charge is 0.383 e. The van der Waals surface area contributed by atoms with E-state index in [1.165, 1.54) is 11.4 Å². The Hall–Kier alpha value is -0.720. The van der Waals surface area contributed by atoms with Crippen LogP contribution in [0.15, 0.2) is 0 Å². The predicted octanol–water partition coefficient (Wildman–Crippen LogP) is 0.348. The first kappa shape index (κ1) is 16.6. The maximum atomic E-state index is 12.9. The second kappa shape index (κ2) is 7.03. The molecule has 0 radical (unpaired) electrons. The predicted molar refractivity (Wildman–Crippen MR) is 76.7 cm³/mol. The van der Waals surface area contributed by atoms with E-state index >= 15 is 0 Å². The number of nitriles is 1. The van der Waals surface area contributed by atoms with E-state index in [4.69, 9.17) is 14.7 Å². The van der Waals surface area contributed by atoms with Gasteiger partial charge in [-0.1, -0.05) is 0 Å². The molecule has 0 atom stereocenters. The average Bonchev–Trinajstić information content (AvgIpc) is 2.45. The lowest BCUT2D eigenvalue weighted by atomic mass is 9.77. The third-order valence-electron chi connectivity index (χ3n) is 4.25. The van der Waals surface area contributed by atoms with Crippen molar-refractivity contribution in [1.82, 2.24) is 8.61 Å². The lowest BCUT2D eigenvalue weighted by Crippen LogP contribution is -2.65. The van der Waals surface area contributed by atoms with Gasteiger partial charge in [0.25, 0.3) is 10.2 Å². The Labute approximate surface area is 126 Å². The second-order valence-corrected chi connectivity index (χ2v) is 7.36. The molecule has 8 heteroatoms. The van der Waals surface area contributed by atoms with Crippen molar-refractivity contribution < 1.29 is 17.9 Å². The minimum Gasteiger partial charge on any atom is -0.383 e. The fourth-order valence-electron chi connectivity index (χ4n) is 2.91. The van der Waals surface area contributed by atoms with E-state index in [0.29, 0.717) is 26.4 Å². The summed E-state index contributed by atoms with van der Waals surface area (Å²) in [7, 11) is -2.04. The van der Waals surface area contributed by atoms with Gasteiger partial charge in [0.1, 0.15) is 0 Å². The topological polar surface area (TPSA) is 82.9 Å². The summed E-state index contributed by atoms with van der Waals surface area (Å²) in [5, 5.41) is 8.74. The van der Waals surface area contributed by atoms with Crippen LogP contribution >= 0.6 is 0 Å². The molecule has 1 aliphatic heterocycles. The zero-order valence-electron chi connectivity index (χ0n) is 12.5. The summed E-state index contributed by atoms with van der Waals surface area (Å²) in [5.41, 5.74) is -0.366. The van der Waals surface area contributed by atoms with Crippen molar-refractivity contribution in [3.8, 4) is 6.07 Å². The molecule has 0 aromatic heterocycles. The van der Waals surface area contributed by atoms with Crippen LogP contribution in [0.3, 0.4) is 0 Å². The number of nitrogens with zero attached hydrogens (tertiary/aromatic N) is 3. The number of hydrogen-bond acceptors (Lipinski definition) is 5. The number of morpholine rings is 1. The van der Waals surface area contributed by atoms with Gasteiger partial charge >= 0.3 is 0 Å². The van der Waals surface area contributed by atoms with Gasteiger partial charge in [-0.25, -0.2) is 0 Å². The molecule has 1 heterocycles. The van der Waals surface area contributed by atoms with Gasteiger partial charge in [0, 0.05) is 33.2 Å². The molecule has 120 valence electrons. The van der Waals surface area contributed by atoms with Crippen LogP contribution in [0.2, 0.25) is 0 Å². The molecule has 21 heavy (non-hydrogen) atoms. The fraction of sp³-hybridized carbons (Fsp3) is 0.923. The van der Waals surface area contributed by atoms with E-state index in [1.807, 2.05) is 6.07 Å². The first-order valence-corrected chi connectivity index (χ1v) is 8.68. The monoisotopic (exact) mass is 317 g/mol. The number of hydrogen-bond donors (Lipinski definition) is 0. The lowest BCUT2D eigenvalue weighted by Gasteiger charge is -2.52. The van der Waals surface area contributed by atoms with Gasteiger partial charge in [0.2, 0.25) is 0 Å². The van der Waals surface area contributed by atoms with Gasteiger partial charge < -0.3 is 9.47 Å². The molecule has 0 N–H and O–H groups in total. The van der Waals surface area contributed by atoms with Crippen LogP contribution in [0.4, 0.5) is 0 Å². The highest BCUT2D eigenvalue weighted by Crippen LogP contribution is 2.41. The molecule has 1 spiro atoms. The zero-order chi connectivity index (χ0) is 15.3. The maximum absolute atomic E-state index is 12.9. The first-order valence-electron chi connectivity index (χ1n) is 7.28. The standard InChI is InChI=1S/C13H23N3O4S/c1-19-10-8-15(7-3-6-14)21(17,18)16-9-11-20-12-13(16)4-2-5-13/h2-5,7-12H2,1H3. The Morgan fingerprint density at radius 1 is 1.43 bits per heavy atom. The van der Waals surface area contributed by atoms with Crippen molar-refractivity contribution in [1.29, 1.82) is 5.26 Å². The summed E-state index contributed by atoms with van der Waals surface area (Å²) < 4.78 is 39.3. The Bertz CT molecular complexity index is 484. The van der Waals surface area contributed by atoms with Gasteiger partial charge in [0.15, 0.2) is 0 Å². The van der Waals surface area contributed by atoms with Crippen molar-refractivity contribution in [2.24, 2.45) is 0 Å². The zero-order valence-corrected chi connectivity index (χ0v) is 13.3. The van der Waals surface area contributed by atoms with Crippen molar-refractivity contribution in [2.75, 3.05) is 46.6 Å². The molecule has 0 aromatic rings. The molecule has 1 saturated carbocycles. The van der Waals surface area contributed by atoms with Crippen molar-refractivity contribution in [2.45, 2.75) is 31.2 Å². The molecule has 0 bridgehead atoms. The van der Waals surface area contributed by atoms with Gasteiger partial charge in [0.05, 0.1) is 31.4 Å². The molecule has 2 aliphatic rings. The lowest BCUT2D eigenvalue weighted by molar-refractivity contribution is -0.0674. The van der Waals surface area contributed by atoms with Gasteiger partial charge in [-0.2, -0.15) is 22.3 Å². The average molecular weight is 317 g/mol. The third kappa shape index (κ3) is 3.38. The summed E-state index contributed by atoms with van der Waals surface area (Å²) in [6, 6.07) is 2.01. The highest BCUT2D eigenvalue weighted by atomic mass is 32.2. The third-order valence-corrected chi connectivity index (χ3v) is 6.39. The normalized spacial score (nSPS) is 22.1. The Morgan fingerprint density at radius 2 is 2.19 bits per heavy atom. The second-order valence-electron chi connectivity index (χ2n) is 5.51. The van der Waals surface area contributed by atoms with Crippen LogP contribution in [0.25, 0.3) is 0 Å². The van der Waals surface area contributed by atoms with Gasteiger partial charge in [-0.05, 0) is 19.3 Å². The minimum atomic E-state index is -3.58. The quantitative estimate of drug-likeness (QED) is 0.676. The van der Waals surface area contributed by atoms with Crippen LogP contribution in [0, 0.1) is 11.3 Å². The van der Waals surface area contributed by atoms with Gasteiger partial charge in [-0.15, -0.1) is 0 Å².